The Morgan fingerprint density at radius 3 is 2.93 bits per heavy atom. The Balaban J connectivity index is 2.96. The maximum atomic E-state index is 10.3. The molecule has 1 aromatic rings. The van der Waals surface area contributed by atoms with E-state index in [1.807, 2.05) is 0 Å². The summed E-state index contributed by atoms with van der Waals surface area (Å²) in [6.45, 7) is 3.51. The summed E-state index contributed by atoms with van der Waals surface area (Å²) in [5, 5.41) is 12.4. The molecule has 15 heavy (non-hydrogen) atoms. The van der Waals surface area contributed by atoms with Gasteiger partial charge in [0, 0.05) is 13.1 Å². The number of benzene rings is 1. The van der Waals surface area contributed by atoms with E-state index in [1.54, 1.807) is 31.3 Å². The fraction of sp³-hybridized carbons (Fsp3) is 0.0909. The van der Waals surface area contributed by atoms with Crippen molar-refractivity contribution in [1.29, 1.82) is 0 Å². The van der Waals surface area contributed by atoms with E-state index in [0.29, 0.717) is 11.3 Å². The number of hydrogen-bond donors (Lipinski definition) is 1. The molecule has 78 valence electrons. The van der Waals surface area contributed by atoms with Gasteiger partial charge >= 0.3 is 0 Å². The van der Waals surface area contributed by atoms with E-state index >= 15 is 0 Å². The van der Waals surface area contributed by atoms with Crippen LogP contribution < -0.4 is 0 Å². The second-order valence-electron chi connectivity index (χ2n) is 2.98. The molecule has 4 heteroatoms. The molecule has 0 aliphatic carbocycles. The number of rotatable bonds is 4. The average molecular weight is 204 g/mol. The molecule has 4 nitrogen and oxygen atoms in total. The van der Waals surface area contributed by atoms with E-state index in [-0.39, 0.29) is 5.88 Å². The van der Waals surface area contributed by atoms with Crippen LogP contribution in [-0.4, -0.2) is 17.1 Å². The minimum Gasteiger partial charge on any atom is -0.494 e. The van der Waals surface area contributed by atoms with Crippen molar-refractivity contribution >= 4 is 11.8 Å². The molecule has 0 radical (unpaired) electrons. The largest absolute Gasteiger partial charge is 0.494 e. The first kappa shape index (κ1) is 11.0. The summed E-state index contributed by atoms with van der Waals surface area (Å²) in [6.07, 6.45) is 3.00. The van der Waals surface area contributed by atoms with Crippen LogP contribution in [0.3, 0.4) is 0 Å². The number of aliphatic hydroxyl groups is 1. The zero-order valence-corrected chi connectivity index (χ0v) is 8.42. The highest BCUT2D eigenvalue weighted by Crippen LogP contribution is 2.16. The van der Waals surface area contributed by atoms with Crippen LogP contribution in [0.1, 0.15) is 5.56 Å². The van der Waals surface area contributed by atoms with Gasteiger partial charge in [0.2, 0.25) is 0 Å². The molecule has 1 aromatic carbocycles. The van der Waals surface area contributed by atoms with Crippen LogP contribution in [0.15, 0.2) is 48.1 Å². The zero-order valence-electron chi connectivity index (χ0n) is 8.42. The monoisotopic (exact) mass is 204 g/mol. The molecule has 0 aromatic heterocycles. The van der Waals surface area contributed by atoms with Crippen molar-refractivity contribution in [2.75, 3.05) is 7.05 Å². The highest BCUT2D eigenvalue weighted by molar-refractivity contribution is 5.56. The lowest BCUT2D eigenvalue weighted by Gasteiger charge is -2.11. The minimum atomic E-state index is 0.0491. The molecule has 0 fully saturated rings. The molecule has 0 bridgehead atoms. The summed E-state index contributed by atoms with van der Waals surface area (Å²) in [5.41, 5.74) is 1.04. The van der Waals surface area contributed by atoms with E-state index in [9.17, 15) is 10.0 Å². The Kier molecular flexibility index (Phi) is 3.62. The lowest BCUT2D eigenvalue weighted by molar-refractivity contribution is 0.289. The molecule has 0 aliphatic rings. The average Bonchev–Trinajstić information content (AvgIpc) is 2.28. The predicted octanol–water partition coefficient (Wildman–Crippen LogP) is 3.02. The molecule has 1 rings (SSSR count). The highest BCUT2D eigenvalue weighted by Gasteiger charge is 1.98. The van der Waals surface area contributed by atoms with Gasteiger partial charge in [-0.25, -0.2) is 0 Å². The minimum absolute atomic E-state index is 0.0491. The molecule has 0 heterocycles. The van der Waals surface area contributed by atoms with Gasteiger partial charge in [-0.3, -0.25) is 0 Å². The van der Waals surface area contributed by atoms with Crippen molar-refractivity contribution in [2.24, 2.45) is 5.18 Å². The van der Waals surface area contributed by atoms with Gasteiger partial charge in [0.15, 0.2) is 5.88 Å². The van der Waals surface area contributed by atoms with Gasteiger partial charge in [-0.05, 0) is 29.1 Å². The summed E-state index contributed by atoms with van der Waals surface area (Å²) in [7, 11) is 1.67. The summed E-state index contributed by atoms with van der Waals surface area (Å²) >= 11 is 0. The fourth-order valence-corrected chi connectivity index (χ4v) is 1.02. The van der Waals surface area contributed by atoms with Gasteiger partial charge in [-0.2, -0.15) is 0 Å². The van der Waals surface area contributed by atoms with E-state index in [0.717, 1.165) is 0 Å². The Morgan fingerprint density at radius 1 is 1.60 bits per heavy atom. The van der Waals surface area contributed by atoms with Gasteiger partial charge in [0.25, 0.3) is 0 Å². The molecule has 0 unspecified atom stereocenters. The fourth-order valence-electron chi connectivity index (χ4n) is 1.02. The van der Waals surface area contributed by atoms with Crippen LogP contribution in [0.4, 0.5) is 5.69 Å². The summed E-state index contributed by atoms with van der Waals surface area (Å²) in [6, 6.07) is 6.64. The summed E-state index contributed by atoms with van der Waals surface area (Å²) < 4.78 is 0. The molecule has 0 saturated carbocycles. The van der Waals surface area contributed by atoms with E-state index in [1.165, 1.54) is 17.2 Å². The molecular weight excluding hydrogens is 192 g/mol. The van der Waals surface area contributed by atoms with Crippen LogP contribution in [0.5, 0.6) is 0 Å². The van der Waals surface area contributed by atoms with Crippen LogP contribution in [0, 0.1) is 4.91 Å². The van der Waals surface area contributed by atoms with Crippen LogP contribution >= 0.6 is 0 Å². The standard InChI is InChI=1S/C11H12N2O2/c1-3-13(2)11(14)8-9-5-4-6-10(7-9)12-15/h3-8,14H,1H2,2H3/b11-8+. The summed E-state index contributed by atoms with van der Waals surface area (Å²) in [5.74, 6) is 0.0491. The van der Waals surface area contributed by atoms with Crippen LogP contribution in [-0.2, 0) is 0 Å². The number of nitroso groups, excluding NO2 is 1. The zero-order chi connectivity index (χ0) is 11.3. The van der Waals surface area contributed by atoms with E-state index < -0.39 is 0 Å². The number of hydrogen-bond acceptors (Lipinski definition) is 4. The molecular formula is C11H12N2O2. The van der Waals surface area contributed by atoms with Crippen molar-refractivity contribution in [2.45, 2.75) is 0 Å². The molecule has 0 spiro atoms. The third-order valence-corrected chi connectivity index (χ3v) is 1.91. The summed E-state index contributed by atoms with van der Waals surface area (Å²) in [4.78, 5) is 11.7. The van der Waals surface area contributed by atoms with Gasteiger partial charge < -0.3 is 10.0 Å². The van der Waals surface area contributed by atoms with Gasteiger partial charge in [0.1, 0.15) is 5.69 Å². The molecule has 1 N–H and O–H groups in total. The van der Waals surface area contributed by atoms with Crippen molar-refractivity contribution in [3.63, 3.8) is 0 Å². The molecule has 0 aliphatic heterocycles. The van der Waals surface area contributed by atoms with Gasteiger partial charge in [0.05, 0.1) is 0 Å². The quantitative estimate of drug-likeness (QED) is 0.605. The normalized spacial score (nSPS) is 10.9. The Bertz CT molecular complexity index is 399. The number of aliphatic hydroxyl groups excluding tert-OH is 1. The lowest BCUT2D eigenvalue weighted by Crippen LogP contribution is -2.08. The Hall–Kier alpha value is -2.10. The van der Waals surface area contributed by atoms with Crippen molar-refractivity contribution < 1.29 is 5.11 Å². The maximum absolute atomic E-state index is 10.3. The van der Waals surface area contributed by atoms with Crippen LogP contribution in [0.25, 0.3) is 6.08 Å². The third-order valence-electron chi connectivity index (χ3n) is 1.91. The molecule has 0 saturated heterocycles. The Labute approximate surface area is 88.1 Å². The Morgan fingerprint density at radius 2 is 2.33 bits per heavy atom. The predicted molar refractivity (Wildman–Crippen MR) is 60.5 cm³/mol. The first-order chi connectivity index (χ1) is 7.17. The maximum Gasteiger partial charge on any atom is 0.191 e. The second-order valence-corrected chi connectivity index (χ2v) is 2.98. The number of nitrogens with zero attached hydrogens (tertiary/aromatic N) is 2. The lowest BCUT2D eigenvalue weighted by atomic mass is 10.2. The SMILES string of the molecule is C=CN(C)/C(O)=C\c1cccc(N=O)c1. The third kappa shape index (κ3) is 2.95. The smallest absolute Gasteiger partial charge is 0.191 e. The topological polar surface area (TPSA) is 52.9 Å². The van der Waals surface area contributed by atoms with E-state index in [4.69, 9.17) is 0 Å². The second kappa shape index (κ2) is 4.95. The van der Waals surface area contributed by atoms with Gasteiger partial charge in [-0.1, -0.05) is 18.7 Å². The molecule has 0 amide bonds. The van der Waals surface area contributed by atoms with E-state index in [2.05, 4.69) is 11.8 Å². The first-order valence-corrected chi connectivity index (χ1v) is 4.37. The molecule has 0 atom stereocenters. The van der Waals surface area contributed by atoms with Crippen molar-refractivity contribution in [3.05, 3.63) is 53.4 Å². The van der Waals surface area contributed by atoms with Crippen molar-refractivity contribution in [1.82, 2.24) is 4.90 Å². The van der Waals surface area contributed by atoms with Crippen molar-refractivity contribution in [3.8, 4) is 0 Å². The van der Waals surface area contributed by atoms with Gasteiger partial charge in [-0.15, -0.1) is 4.91 Å². The first-order valence-electron chi connectivity index (χ1n) is 4.37. The highest BCUT2D eigenvalue weighted by atomic mass is 16.3. The van der Waals surface area contributed by atoms with Crippen LogP contribution in [0.2, 0.25) is 0 Å².